The summed E-state index contributed by atoms with van der Waals surface area (Å²) < 4.78 is 0. The lowest BCUT2D eigenvalue weighted by Crippen LogP contribution is -1.97. The van der Waals surface area contributed by atoms with Crippen molar-refractivity contribution in [2.75, 3.05) is 5.73 Å². The van der Waals surface area contributed by atoms with E-state index in [1.165, 1.54) is 6.07 Å². The standard InChI is InChI=1S/C9H12N2O3/c1-2-3-6-4-7(10)9(12)5-8(6)11(13)14/h4-5,12H,2-3,10H2,1H3. The Morgan fingerprint density at radius 1 is 1.57 bits per heavy atom. The number of benzene rings is 1. The number of nitrogen functional groups attached to an aromatic ring is 1. The second-order valence-corrected chi connectivity index (χ2v) is 3.05. The fraction of sp³-hybridized carbons (Fsp3) is 0.333. The van der Waals surface area contributed by atoms with Crippen molar-refractivity contribution < 1.29 is 10.0 Å². The number of rotatable bonds is 3. The molecule has 1 aromatic rings. The van der Waals surface area contributed by atoms with Crippen LogP contribution in [-0.2, 0) is 6.42 Å². The zero-order valence-electron chi connectivity index (χ0n) is 7.86. The summed E-state index contributed by atoms with van der Waals surface area (Å²) >= 11 is 0. The number of nitrogens with two attached hydrogens (primary N) is 1. The molecule has 0 saturated heterocycles. The van der Waals surface area contributed by atoms with E-state index in [-0.39, 0.29) is 17.1 Å². The van der Waals surface area contributed by atoms with Gasteiger partial charge in [0, 0.05) is 5.56 Å². The van der Waals surface area contributed by atoms with Gasteiger partial charge in [0.05, 0.1) is 16.7 Å². The van der Waals surface area contributed by atoms with Gasteiger partial charge in [0.15, 0.2) is 0 Å². The summed E-state index contributed by atoms with van der Waals surface area (Å²) in [5.74, 6) is -0.239. The van der Waals surface area contributed by atoms with E-state index in [2.05, 4.69) is 0 Å². The Balaban J connectivity index is 3.24. The molecule has 0 aromatic heterocycles. The topological polar surface area (TPSA) is 89.4 Å². The molecule has 0 amide bonds. The van der Waals surface area contributed by atoms with Gasteiger partial charge < -0.3 is 10.8 Å². The van der Waals surface area contributed by atoms with E-state index in [9.17, 15) is 15.2 Å². The highest BCUT2D eigenvalue weighted by Gasteiger charge is 2.15. The average Bonchev–Trinajstić information content (AvgIpc) is 2.11. The summed E-state index contributed by atoms with van der Waals surface area (Å²) in [6.07, 6.45) is 1.38. The first-order valence-corrected chi connectivity index (χ1v) is 4.32. The minimum atomic E-state index is -0.510. The number of aromatic hydroxyl groups is 1. The molecule has 1 aromatic carbocycles. The van der Waals surface area contributed by atoms with Crippen molar-refractivity contribution in [2.45, 2.75) is 19.8 Å². The van der Waals surface area contributed by atoms with E-state index in [4.69, 9.17) is 5.73 Å². The molecule has 0 aliphatic rings. The van der Waals surface area contributed by atoms with E-state index in [1.54, 1.807) is 0 Å². The van der Waals surface area contributed by atoms with Crippen molar-refractivity contribution in [2.24, 2.45) is 0 Å². The second-order valence-electron chi connectivity index (χ2n) is 3.05. The van der Waals surface area contributed by atoms with Crippen molar-refractivity contribution in [1.82, 2.24) is 0 Å². The summed E-state index contributed by atoms with van der Waals surface area (Å²) in [5.41, 5.74) is 6.12. The van der Waals surface area contributed by atoms with Crippen LogP contribution in [0.3, 0.4) is 0 Å². The van der Waals surface area contributed by atoms with Gasteiger partial charge in [-0.25, -0.2) is 0 Å². The number of phenols is 1. The summed E-state index contributed by atoms with van der Waals surface area (Å²) in [5, 5.41) is 19.8. The Hall–Kier alpha value is -1.78. The van der Waals surface area contributed by atoms with Gasteiger partial charge in [0.1, 0.15) is 5.75 Å². The van der Waals surface area contributed by atoms with Crippen LogP contribution in [0, 0.1) is 10.1 Å². The molecule has 5 heteroatoms. The fourth-order valence-corrected chi connectivity index (χ4v) is 1.28. The predicted molar refractivity (Wildman–Crippen MR) is 53.2 cm³/mol. The molecule has 1 rings (SSSR count). The molecule has 0 unspecified atom stereocenters. The lowest BCUT2D eigenvalue weighted by Gasteiger charge is -2.04. The van der Waals surface area contributed by atoms with Crippen LogP contribution in [0.2, 0.25) is 0 Å². The molecular weight excluding hydrogens is 184 g/mol. The van der Waals surface area contributed by atoms with E-state index in [1.807, 2.05) is 6.92 Å². The SMILES string of the molecule is CCCc1cc(N)c(O)cc1[N+](=O)[O-]. The van der Waals surface area contributed by atoms with Gasteiger partial charge in [-0.2, -0.15) is 0 Å². The maximum absolute atomic E-state index is 10.6. The molecule has 0 bridgehead atoms. The zero-order valence-corrected chi connectivity index (χ0v) is 7.86. The largest absolute Gasteiger partial charge is 0.506 e. The van der Waals surface area contributed by atoms with Gasteiger partial charge in [0.25, 0.3) is 5.69 Å². The highest BCUT2D eigenvalue weighted by molar-refractivity contribution is 5.60. The van der Waals surface area contributed by atoms with Crippen LogP contribution in [0.1, 0.15) is 18.9 Å². The first kappa shape index (κ1) is 10.3. The molecule has 0 spiro atoms. The normalized spacial score (nSPS) is 10.1. The zero-order chi connectivity index (χ0) is 10.7. The third-order valence-electron chi connectivity index (χ3n) is 1.94. The second kappa shape index (κ2) is 3.95. The Labute approximate surface area is 81.3 Å². The van der Waals surface area contributed by atoms with Crippen LogP contribution in [0.5, 0.6) is 5.75 Å². The minimum Gasteiger partial charge on any atom is -0.506 e. The van der Waals surface area contributed by atoms with Gasteiger partial charge in [-0.15, -0.1) is 0 Å². The summed E-state index contributed by atoms with van der Waals surface area (Å²) in [6.45, 7) is 1.92. The molecule has 3 N–H and O–H groups in total. The first-order valence-electron chi connectivity index (χ1n) is 4.32. The third kappa shape index (κ3) is 1.93. The smallest absolute Gasteiger partial charge is 0.276 e. The predicted octanol–water partition coefficient (Wildman–Crippen LogP) is 1.84. The van der Waals surface area contributed by atoms with Crippen LogP contribution >= 0.6 is 0 Å². The number of nitro groups is 1. The average molecular weight is 196 g/mol. The van der Waals surface area contributed by atoms with E-state index in [0.717, 1.165) is 12.5 Å². The van der Waals surface area contributed by atoms with Crippen molar-refractivity contribution in [3.63, 3.8) is 0 Å². The van der Waals surface area contributed by atoms with Crippen LogP contribution in [0.4, 0.5) is 11.4 Å². The first-order chi connectivity index (χ1) is 6.56. The fourth-order valence-electron chi connectivity index (χ4n) is 1.28. The lowest BCUT2D eigenvalue weighted by atomic mass is 10.1. The Morgan fingerprint density at radius 3 is 2.71 bits per heavy atom. The minimum absolute atomic E-state index is 0.0708. The summed E-state index contributed by atoms with van der Waals surface area (Å²) in [7, 11) is 0. The molecule has 0 atom stereocenters. The Morgan fingerprint density at radius 2 is 2.21 bits per heavy atom. The van der Waals surface area contributed by atoms with Gasteiger partial charge in [-0.05, 0) is 12.5 Å². The number of nitrogens with zero attached hydrogens (tertiary/aromatic N) is 1. The van der Waals surface area contributed by atoms with Crippen molar-refractivity contribution in [1.29, 1.82) is 0 Å². The van der Waals surface area contributed by atoms with Crippen molar-refractivity contribution in [3.05, 3.63) is 27.8 Å². The molecule has 5 nitrogen and oxygen atoms in total. The number of hydrogen-bond acceptors (Lipinski definition) is 4. The van der Waals surface area contributed by atoms with Gasteiger partial charge in [0.2, 0.25) is 0 Å². The maximum Gasteiger partial charge on any atom is 0.276 e. The van der Waals surface area contributed by atoms with Gasteiger partial charge >= 0.3 is 0 Å². The Bertz CT molecular complexity index is 363. The molecule has 0 heterocycles. The molecular formula is C9H12N2O3. The highest BCUT2D eigenvalue weighted by atomic mass is 16.6. The van der Waals surface area contributed by atoms with E-state index < -0.39 is 4.92 Å². The lowest BCUT2D eigenvalue weighted by molar-refractivity contribution is -0.385. The highest BCUT2D eigenvalue weighted by Crippen LogP contribution is 2.30. The number of nitro benzene ring substituents is 1. The maximum atomic E-state index is 10.6. The molecule has 0 radical (unpaired) electrons. The van der Waals surface area contributed by atoms with Crippen LogP contribution in [0.25, 0.3) is 0 Å². The van der Waals surface area contributed by atoms with Crippen LogP contribution < -0.4 is 5.73 Å². The summed E-state index contributed by atoms with van der Waals surface area (Å²) in [6, 6.07) is 2.55. The number of anilines is 1. The van der Waals surface area contributed by atoms with Gasteiger partial charge in [-0.1, -0.05) is 13.3 Å². The molecule has 0 aliphatic heterocycles. The van der Waals surface area contributed by atoms with Gasteiger partial charge in [-0.3, -0.25) is 10.1 Å². The summed E-state index contributed by atoms with van der Waals surface area (Å²) in [4.78, 5) is 10.1. The van der Waals surface area contributed by atoms with Crippen molar-refractivity contribution in [3.8, 4) is 5.75 Å². The monoisotopic (exact) mass is 196 g/mol. The number of phenolic OH excluding ortho intramolecular Hbond substituents is 1. The molecule has 0 aliphatic carbocycles. The molecule has 14 heavy (non-hydrogen) atoms. The Kier molecular flexibility index (Phi) is 2.91. The molecule has 0 fully saturated rings. The van der Waals surface area contributed by atoms with Crippen LogP contribution in [0.15, 0.2) is 12.1 Å². The third-order valence-corrected chi connectivity index (χ3v) is 1.94. The van der Waals surface area contributed by atoms with E-state index in [0.29, 0.717) is 12.0 Å². The quantitative estimate of drug-likeness (QED) is 0.334. The number of hydrogen-bond donors (Lipinski definition) is 2. The van der Waals surface area contributed by atoms with Crippen molar-refractivity contribution >= 4 is 11.4 Å². The molecule has 76 valence electrons. The molecule has 0 saturated carbocycles. The van der Waals surface area contributed by atoms with Crippen LogP contribution in [-0.4, -0.2) is 10.0 Å². The van der Waals surface area contributed by atoms with E-state index >= 15 is 0 Å². The number of aryl methyl sites for hydroxylation is 1.